The number of benzene rings is 1. The first-order chi connectivity index (χ1) is 7.77. The van der Waals surface area contributed by atoms with E-state index in [0.717, 1.165) is 17.9 Å². The van der Waals surface area contributed by atoms with Gasteiger partial charge in [-0.2, -0.15) is 0 Å². The molecule has 0 aliphatic heterocycles. The summed E-state index contributed by atoms with van der Waals surface area (Å²) in [6.07, 6.45) is 6.64. The van der Waals surface area contributed by atoms with E-state index in [2.05, 4.69) is 0 Å². The minimum Gasteiger partial charge on any atom is -0.508 e. The van der Waals surface area contributed by atoms with Gasteiger partial charge in [-0.3, -0.25) is 0 Å². The third-order valence-corrected chi connectivity index (χ3v) is 3.45. The second-order valence-electron chi connectivity index (χ2n) is 4.72. The lowest BCUT2D eigenvalue weighted by atomic mass is 9.90. The summed E-state index contributed by atoms with van der Waals surface area (Å²) in [5.74, 6) is 1.85. The van der Waals surface area contributed by atoms with Crippen molar-refractivity contribution in [3.8, 4) is 11.5 Å². The Morgan fingerprint density at radius 3 is 2.75 bits per heavy atom. The van der Waals surface area contributed by atoms with Crippen LogP contribution in [0.3, 0.4) is 0 Å². The van der Waals surface area contributed by atoms with Gasteiger partial charge in [0.25, 0.3) is 0 Å². The molecule has 2 rings (SSSR count). The van der Waals surface area contributed by atoms with E-state index in [1.807, 2.05) is 19.1 Å². The van der Waals surface area contributed by atoms with E-state index >= 15 is 0 Å². The second-order valence-corrected chi connectivity index (χ2v) is 4.72. The molecule has 1 aromatic carbocycles. The summed E-state index contributed by atoms with van der Waals surface area (Å²) >= 11 is 0. The van der Waals surface area contributed by atoms with Crippen molar-refractivity contribution in [2.75, 3.05) is 6.61 Å². The Bertz CT molecular complexity index is 341. The number of aromatic hydroxyl groups is 1. The van der Waals surface area contributed by atoms with E-state index in [1.54, 1.807) is 6.07 Å². The molecule has 0 spiro atoms. The lowest BCUT2D eigenvalue weighted by Crippen LogP contribution is -2.15. The van der Waals surface area contributed by atoms with Gasteiger partial charge in [-0.15, -0.1) is 0 Å². The van der Waals surface area contributed by atoms with Crippen LogP contribution in [-0.4, -0.2) is 11.7 Å². The lowest BCUT2D eigenvalue weighted by molar-refractivity contribution is 0.207. The monoisotopic (exact) mass is 220 g/mol. The van der Waals surface area contributed by atoms with Crippen molar-refractivity contribution in [1.29, 1.82) is 0 Å². The van der Waals surface area contributed by atoms with Gasteiger partial charge < -0.3 is 9.84 Å². The minimum atomic E-state index is 0.321. The molecule has 0 atom stereocenters. The number of phenolic OH excluding ortho intramolecular Hbond substituents is 1. The highest BCUT2D eigenvalue weighted by Crippen LogP contribution is 2.28. The Morgan fingerprint density at radius 2 is 2.00 bits per heavy atom. The number of phenols is 1. The molecule has 1 aliphatic carbocycles. The van der Waals surface area contributed by atoms with Crippen LogP contribution in [0.15, 0.2) is 18.2 Å². The Balaban J connectivity index is 1.91. The van der Waals surface area contributed by atoms with Crippen LogP contribution >= 0.6 is 0 Å². The summed E-state index contributed by atoms with van der Waals surface area (Å²) in [4.78, 5) is 0. The molecule has 1 saturated carbocycles. The highest BCUT2D eigenvalue weighted by Gasteiger charge is 2.14. The number of rotatable bonds is 3. The molecule has 0 amide bonds. The van der Waals surface area contributed by atoms with Crippen LogP contribution in [-0.2, 0) is 0 Å². The SMILES string of the molecule is Cc1c(O)cccc1OCC1CCCCC1. The molecular formula is C14H20O2. The molecular weight excluding hydrogens is 200 g/mol. The van der Waals surface area contributed by atoms with Crippen LogP contribution in [0.4, 0.5) is 0 Å². The van der Waals surface area contributed by atoms with E-state index in [-0.39, 0.29) is 0 Å². The van der Waals surface area contributed by atoms with Crippen LogP contribution in [0.25, 0.3) is 0 Å². The Morgan fingerprint density at radius 1 is 1.25 bits per heavy atom. The molecule has 16 heavy (non-hydrogen) atoms. The van der Waals surface area contributed by atoms with E-state index in [0.29, 0.717) is 11.7 Å². The Hall–Kier alpha value is -1.18. The molecule has 0 bridgehead atoms. The quantitative estimate of drug-likeness (QED) is 0.842. The van der Waals surface area contributed by atoms with Crippen molar-refractivity contribution in [2.45, 2.75) is 39.0 Å². The van der Waals surface area contributed by atoms with Crippen LogP contribution in [0.5, 0.6) is 11.5 Å². The van der Waals surface area contributed by atoms with Crippen molar-refractivity contribution in [3.05, 3.63) is 23.8 Å². The fourth-order valence-corrected chi connectivity index (χ4v) is 2.32. The Labute approximate surface area is 97.3 Å². The van der Waals surface area contributed by atoms with Gasteiger partial charge in [-0.05, 0) is 37.8 Å². The average Bonchev–Trinajstić information content (AvgIpc) is 2.32. The second kappa shape index (κ2) is 5.24. The van der Waals surface area contributed by atoms with E-state index in [9.17, 15) is 5.11 Å². The molecule has 0 heterocycles. The molecule has 0 aromatic heterocycles. The lowest BCUT2D eigenvalue weighted by Gasteiger charge is -2.22. The first-order valence-corrected chi connectivity index (χ1v) is 6.19. The standard InChI is InChI=1S/C14H20O2/c1-11-13(15)8-5-9-14(11)16-10-12-6-3-2-4-7-12/h5,8-9,12,15H,2-4,6-7,10H2,1H3. The van der Waals surface area contributed by atoms with Gasteiger partial charge in [-0.1, -0.05) is 25.3 Å². The van der Waals surface area contributed by atoms with E-state index in [1.165, 1.54) is 32.1 Å². The summed E-state index contributed by atoms with van der Waals surface area (Å²) in [6.45, 7) is 2.69. The van der Waals surface area contributed by atoms with Gasteiger partial charge in [0.1, 0.15) is 11.5 Å². The van der Waals surface area contributed by atoms with Gasteiger partial charge >= 0.3 is 0 Å². The van der Waals surface area contributed by atoms with Crippen molar-refractivity contribution in [3.63, 3.8) is 0 Å². The van der Waals surface area contributed by atoms with Crippen molar-refractivity contribution in [1.82, 2.24) is 0 Å². The smallest absolute Gasteiger partial charge is 0.125 e. The first-order valence-electron chi connectivity index (χ1n) is 6.19. The summed E-state index contributed by atoms with van der Waals surface area (Å²) in [6, 6.07) is 5.46. The molecule has 1 aromatic rings. The van der Waals surface area contributed by atoms with Gasteiger partial charge in [0, 0.05) is 5.56 Å². The van der Waals surface area contributed by atoms with Crippen molar-refractivity contribution in [2.24, 2.45) is 5.92 Å². The summed E-state index contributed by atoms with van der Waals surface area (Å²) in [5, 5.41) is 9.56. The third kappa shape index (κ3) is 2.69. The van der Waals surface area contributed by atoms with Crippen molar-refractivity contribution < 1.29 is 9.84 Å². The molecule has 0 radical (unpaired) electrons. The highest BCUT2D eigenvalue weighted by molar-refractivity contribution is 5.42. The molecule has 1 aliphatic rings. The van der Waals surface area contributed by atoms with Gasteiger partial charge in [0.2, 0.25) is 0 Å². The molecule has 1 N–H and O–H groups in total. The van der Waals surface area contributed by atoms with Gasteiger partial charge in [0.15, 0.2) is 0 Å². The highest BCUT2D eigenvalue weighted by atomic mass is 16.5. The van der Waals surface area contributed by atoms with E-state index in [4.69, 9.17) is 4.74 Å². The predicted octanol–water partition coefficient (Wildman–Crippen LogP) is 3.66. The minimum absolute atomic E-state index is 0.321. The summed E-state index contributed by atoms with van der Waals surface area (Å²) in [7, 11) is 0. The number of ether oxygens (including phenoxy) is 1. The van der Waals surface area contributed by atoms with Crippen LogP contribution in [0.1, 0.15) is 37.7 Å². The van der Waals surface area contributed by atoms with Gasteiger partial charge in [0.05, 0.1) is 6.61 Å². The van der Waals surface area contributed by atoms with Gasteiger partial charge in [-0.25, -0.2) is 0 Å². The van der Waals surface area contributed by atoms with Crippen molar-refractivity contribution >= 4 is 0 Å². The number of hydrogen-bond acceptors (Lipinski definition) is 2. The largest absolute Gasteiger partial charge is 0.508 e. The fourth-order valence-electron chi connectivity index (χ4n) is 2.32. The first kappa shape index (κ1) is 11.3. The molecule has 0 unspecified atom stereocenters. The topological polar surface area (TPSA) is 29.5 Å². The average molecular weight is 220 g/mol. The zero-order chi connectivity index (χ0) is 11.4. The molecule has 1 fully saturated rings. The zero-order valence-electron chi connectivity index (χ0n) is 9.91. The van der Waals surface area contributed by atoms with Crippen LogP contribution in [0.2, 0.25) is 0 Å². The zero-order valence-corrected chi connectivity index (χ0v) is 9.91. The van der Waals surface area contributed by atoms with E-state index < -0.39 is 0 Å². The van der Waals surface area contributed by atoms with Crippen LogP contribution < -0.4 is 4.74 Å². The molecule has 2 nitrogen and oxygen atoms in total. The predicted molar refractivity (Wildman–Crippen MR) is 64.9 cm³/mol. The molecule has 2 heteroatoms. The number of hydrogen-bond donors (Lipinski definition) is 1. The fraction of sp³-hybridized carbons (Fsp3) is 0.571. The maximum absolute atomic E-state index is 9.56. The molecule has 0 saturated heterocycles. The normalized spacial score (nSPS) is 17.3. The summed E-state index contributed by atoms with van der Waals surface area (Å²) < 4.78 is 5.80. The maximum Gasteiger partial charge on any atom is 0.125 e. The molecule has 88 valence electrons. The Kier molecular flexibility index (Phi) is 3.70. The third-order valence-electron chi connectivity index (χ3n) is 3.45. The van der Waals surface area contributed by atoms with Crippen LogP contribution in [0, 0.1) is 12.8 Å². The summed E-state index contributed by atoms with van der Waals surface area (Å²) in [5.41, 5.74) is 0.846. The maximum atomic E-state index is 9.56.